The van der Waals surface area contributed by atoms with E-state index in [4.69, 9.17) is 4.74 Å². The van der Waals surface area contributed by atoms with E-state index in [9.17, 15) is 0 Å². The molecule has 3 aliphatic carbocycles. The highest BCUT2D eigenvalue weighted by Gasteiger charge is 2.67. The smallest absolute Gasteiger partial charge is 0.0975 e. The number of allylic oxidation sites excluding steroid dienone is 1. The number of ether oxygens (including phenoxy) is 1. The maximum atomic E-state index is 7.52. The maximum absolute atomic E-state index is 7.52. The van der Waals surface area contributed by atoms with E-state index in [2.05, 4.69) is 53.1 Å². The predicted octanol–water partition coefficient (Wildman–Crippen LogP) is 5.65. The van der Waals surface area contributed by atoms with E-state index in [0.717, 1.165) is 12.6 Å². The highest BCUT2D eigenvalue weighted by molar-refractivity contribution is 5.47. The van der Waals surface area contributed by atoms with Gasteiger partial charge in [-0.3, -0.25) is 4.90 Å². The largest absolute Gasteiger partial charge is 0.359 e. The van der Waals surface area contributed by atoms with Crippen LogP contribution in [0.2, 0.25) is 0 Å². The van der Waals surface area contributed by atoms with Crippen LogP contribution in [0.1, 0.15) is 75.8 Å². The van der Waals surface area contributed by atoms with Gasteiger partial charge in [-0.1, -0.05) is 43.3 Å². The van der Waals surface area contributed by atoms with Crippen molar-refractivity contribution < 1.29 is 4.74 Å². The Bertz CT molecular complexity index is 1090. The van der Waals surface area contributed by atoms with E-state index in [1.165, 1.54) is 83.8 Å². The predicted molar refractivity (Wildman–Crippen MR) is 136 cm³/mol. The molecule has 8 rings (SSSR count). The Morgan fingerprint density at radius 2 is 1.82 bits per heavy atom. The first kappa shape index (κ1) is 20.7. The number of likely N-dealkylation sites (tertiary alicyclic amines) is 1. The molecule has 180 valence electrons. The molecule has 2 saturated heterocycles. The Labute approximate surface area is 205 Å². The molecule has 0 amide bonds. The van der Waals surface area contributed by atoms with Gasteiger partial charge >= 0.3 is 0 Å². The lowest BCUT2D eigenvalue weighted by atomic mass is 9.59. The topological polar surface area (TPSA) is 15.7 Å². The van der Waals surface area contributed by atoms with Crippen LogP contribution in [0.4, 0.5) is 0 Å². The number of fused-ring (bicyclic) bond motifs is 2. The average Bonchev–Trinajstić information content (AvgIpc) is 3.33. The van der Waals surface area contributed by atoms with Gasteiger partial charge in [0, 0.05) is 25.2 Å². The van der Waals surface area contributed by atoms with Crippen molar-refractivity contribution in [3.8, 4) is 0 Å². The summed E-state index contributed by atoms with van der Waals surface area (Å²) in [5.41, 5.74) is 6.73. The fourth-order valence-electron chi connectivity index (χ4n) is 9.76. The van der Waals surface area contributed by atoms with Gasteiger partial charge in [0.2, 0.25) is 0 Å². The standard InChI is InChI=1S/C31H40N2O/c1-29-13-11-25-19-24-7-8-26(32-16-4-17-32)20-30(24)14-15-31(25,34-30)27(29)9-10-28(29)33-18-12-22-5-2-3-6-23(22)21-33/h2-3,5-6,11,19,26-28H,4,7-10,12-18,20-21H2,1H3/t26-,27+,28-,29-,30+,31+/m0/s1. The van der Waals surface area contributed by atoms with Gasteiger partial charge in [0.15, 0.2) is 0 Å². The molecule has 4 heterocycles. The van der Waals surface area contributed by atoms with Crippen molar-refractivity contribution in [2.24, 2.45) is 11.3 Å². The summed E-state index contributed by atoms with van der Waals surface area (Å²) in [6, 6.07) is 10.6. The molecule has 0 radical (unpaired) electrons. The molecule has 0 N–H and O–H groups in total. The summed E-state index contributed by atoms with van der Waals surface area (Å²) in [7, 11) is 0. The molecule has 0 unspecified atom stereocenters. The second-order valence-corrected chi connectivity index (χ2v) is 12.9. The van der Waals surface area contributed by atoms with Gasteiger partial charge < -0.3 is 9.64 Å². The number of hydrogen-bond donors (Lipinski definition) is 0. The van der Waals surface area contributed by atoms with Crippen LogP contribution in [0.3, 0.4) is 0 Å². The minimum Gasteiger partial charge on any atom is -0.359 e. The van der Waals surface area contributed by atoms with Crippen LogP contribution in [-0.2, 0) is 17.7 Å². The second-order valence-electron chi connectivity index (χ2n) is 12.9. The summed E-state index contributed by atoms with van der Waals surface area (Å²) in [5.74, 6) is 0.670. The molecular weight excluding hydrogens is 416 g/mol. The van der Waals surface area contributed by atoms with E-state index in [1.54, 1.807) is 22.3 Å². The second kappa shape index (κ2) is 7.08. The first-order valence-corrected chi connectivity index (χ1v) is 14.3. The van der Waals surface area contributed by atoms with E-state index < -0.39 is 0 Å². The third kappa shape index (κ3) is 2.64. The van der Waals surface area contributed by atoms with Crippen molar-refractivity contribution in [3.63, 3.8) is 0 Å². The van der Waals surface area contributed by atoms with Crippen LogP contribution in [0.25, 0.3) is 0 Å². The Morgan fingerprint density at radius 3 is 2.68 bits per heavy atom. The number of nitrogens with zero attached hydrogens (tertiary/aromatic N) is 2. The highest BCUT2D eigenvalue weighted by Crippen LogP contribution is 2.67. The minimum absolute atomic E-state index is 0.00419. The molecule has 3 heteroatoms. The summed E-state index contributed by atoms with van der Waals surface area (Å²) in [6.45, 7) is 7.63. The van der Waals surface area contributed by atoms with Crippen molar-refractivity contribution in [1.29, 1.82) is 0 Å². The molecule has 6 atom stereocenters. The van der Waals surface area contributed by atoms with Gasteiger partial charge in [-0.05, 0) is 111 Å². The molecule has 7 aliphatic rings. The van der Waals surface area contributed by atoms with Gasteiger partial charge in [-0.2, -0.15) is 0 Å². The van der Waals surface area contributed by atoms with Crippen LogP contribution < -0.4 is 0 Å². The van der Waals surface area contributed by atoms with Crippen molar-refractivity contribution in [1.82, 2.24) is 9.80 Å². The minimum atomic E-state index is -0.00419. The lowest BCUT2D eigenvalue weighted by Gasteiger charge is -2.56. The number of rotatable bonds is 2. The van der Waals surface area contributed by atoms with Crippen molar-refractivity contribution >= 4 is 0 Å². The van der Waals surface area contributed by atoms with Crippen LogP contribution >= 0.6 is 0 Å². The zero-order valence-corrected chi connectivity index (χ0v) is 20.9. The third-order valence-electron chi connectivity index (χ3n) is 11.6. The maximum Gasteiger partial charge on any atom is 0.0975 e. The average molecular weight is 457 g/mol. The van der Waals surface area contributed by atoms with Crippen LogP contribution in [0, 0.1) is 11.3 Å². The summed E-state index contributed by atoms with van der Waals surface area (Å²) in [4.78, 5) is 5.60. The molecule has 4 fully saturated rings. The number of benzene rings is 1. The first-order chi connectivity index (χ1) is 16.6. The third-order valence-corrected chi connectivity index (χ3v) is 11.6. The summed E-state index contributed by atoms with van der Waals surface area (Å²) < 4.78 is 7.52. The van der Waals surface area contributed by atoms with Gasteiger partial charge in [0.1, 0.15) is 0 Å². The molecule has 2 saturated carbocycles. The molecular formula is C31H40N2O. The monoisotopic (exact) mass is 456 g/mol. The fraction of sp³-hybridized carbons (Fsp3) is 0.677. The van der Waals surface area contributed by atoms with Gasteiger partial charge in [0.05, 0.1) is 11.2 Å². The van der Waals surface area contributed by atoms with Crippen LogP contribution in [-0.4, -0.2) is 52.7 Å². The Balaban J connectivity index is 1.11. The molecule has 0 aromatic heterocycles. The lowest BCUT2D eigenvalue weighted by molar-refractivity contribution is -0.147. The molecule has 1 aromatic rings. The normalized spacial score (nSPS) is 45.4. The Morgan fingerprint density at radius 1 is 0.941 bits per heavy atom. The van der Waals surface area contributed by atoms with E-state index in [-0.39, 0.29) is 11.2 Å². The van der Waals surface area contributed by atoms with Crippen molar-refractivity contribution in [3.05, 3.63) is 58.7 Å². The van der Waals surface area contributed by atoms with Gasteiger partial charge in [0.25, 0.3) is 0 Å². The zero-order chi connectivity index (χ0) is 22.5. The summed E-state index contributed by atoms with van der Waals surface area (Å²) >= 11 is 0. The van der Waals surface area contributed by atoms with Crippen molar-refractivity contribution in [2.45, 2.75) is 101 Å². The molecule has 2 spiro atoms. The molecule has 2 bridgehead atoms. The number of hydrogen-bond acceptors (Lipinski definition) is 3. The summed E-state index contributed by atoms with van der Waals surface area (Å²) in [6.07, 6.45) is 18.2. The molecule has 3 nitrogen and oxygen atoms in total. The Hall–Kier alpha value is -1.42. The van der Waals surface area contributed by atoms with Gasteiger partial charge in [-0.15, -0.1) is 0 Å². The summed E-state index contributed by atoms with van der Waals surface area (Å²) in [5, 5.41) is 0. The molecule has 1 aromatic carbocycles. The van der Waals surface area contributed by atoms with E-state index in [0.29, 0.717) is 17.4 Å². The highest BCUT2D eigenvalue weighted by atomic mass is 16.5. The molecule has 4 aliphatic heterocycles. The quantitative estimate of drug-likeness (QED) is 0.572. The van der Waals surface area contributed by atoms with E-state index >= 15 is 0 Å². The Kier molecular flexibility index (Phi) is 4.32. The van der Waals surface area contributed by atoms with Crippen molar-refractivity contribution in [2.75, 3.05) is 19.6 Å². The zero-order valence-electron chi connectivity index (χ0n) is 20.9. The lowest BCUT2D eigenvalue weighted by Crippen LogP contribution is -2.58. The van der Waals surface area contributed by atoms with Gasteiger partial charge in [-0.25, -0.2) is 0 Å². The van der Waals surface area contributed by atoms with Crippen LogP contribution in [0.5, 0.6) is 0 Å². The fourth-order valence-corrected chi connectivity index (χ4v) is 9.76. The SMILES string of the molecule is C[C@]12CC=C3C=C4CC[C@H](N5CCC5)C[C@]45CC[C@]3(O5)[C@@H]1CC[C@@H]2N1CCc2ccccc2C1. The first-order valence-electron chi connectivity index (χ1n) is 14.3. The van der Waals surface area contributed by atoms with E-state index in [1.807, 2.05) is 0 Å². The van der Waals surface area contributed by atoms with Crippen LogP contribution in [0.15, 0.2) is 47.6 Å². The molecule has 34 heavy (non-hydrogen) atoms.